The lowest BCUT2D eigenvalue weighted by Gasteiger charge is -2.15. The smallest absolute Gasteiger partial charge is 0.244 e. The molecule has 1 atom stereocenters. The van der Waals surface area contributed by atoms with E-state index in [0.717, 1.165) is 0 Å². The number of benzene rings is 1. The number of methoxy groups -OCH3 is 1. The van der Waals surface area contributed by atoms with Crippen LogP contribution in [0.4, 0.5) is 0 Å². The molecule has 0 heterocycles. The lowest BCUT2D eigenvalue weighted by molar-refractivity contribution is 0.152. The average molecular weight is 322 g/mol. The van der Waals surface area contributed by atoms with Crippen LogP contribution < -0.4 is 9.46 Å². The zero-order chi connectivity index (χ0) is 15.3. The van der Waals surface area contributed by atoms with Crippen LogP contribution in [0.25, 0.3) is 0 Å². The van der Waals surface area contributed by atoms with Gasteiger partial charge in [-0.15, -0.1) is 0 Å². The second kappa shape index (κ2) is 7.26. The maximum absolute atomic E-state index is 12.2. The van der Waals surface area contributed by atoms with Crippen molar-refractivity contribution in [2.45, 2.75) is 31.3 Å². The normalized spacial score (nSPS) is 13.5. The third kappa shape index (κ3) is 4.94. The van der Waals surface area contributed by atoms with Gasteiger partial charge in [0.25, 0.3) is 0 Å². The van der Waals surface area contributed by atoms with E-state index in [2.05, 4.69) is 4.72 Å². The van der Waals surface area contributed by atoms with E-state index in [-0.39, 0.29) is 17.2 Å². The number of nitrogens with one attached hydrogen (secondary N) is 1. The van der Waals surface area contributed by atoms with E-state index in [0.29, 0.717) is 17.4 Å². The number of aliphatic hydroxyl groups is 1. The molecule has 0 bridgehead atoms. The molecule has 1 unspecified atom stereocenters. The molecule has 0 spiro atoms. The minimum atomic E-state index is -3.74. The van der Waals surface area contributed by atoms with Gasteiger partial charge in [-0.25, -0.2) is 13.1 Å². The molecule has 0 aliphatic heterocycles. The molecule has 0 radical (unpaired) electrons. The predicted octanol–water partition coefficient (Wildman–Crippen LogP) is 2.03. The number of sulfonamides is 1. The molecule has 0 saturated carbocycles. The van der Waals surface area contributed by atoms with Crippen LogP contribution in [0.5, 0.6) is 5.75 Å². The second-order valence-corrected chi connectivity index (χ2v) is 7.10. The van der Waals surface area contributed by atoms with Crippen LogP contribution >= 0.6 is 11.6 Å². The second-order valence-electron chi connectivity index (χ2n) is 4.93. The van der Waals surface area contributed by atoms with Gasteiger partial charge in [0, 0.05) is 17.6 Å². The van der Waals surface area contributed by atoms with E-state index in [1.54, 1.807) is 0 Å². The molecule has 0 aliphatic rings. The van der Waals surface area contributed by atoms with Crippen LogP contribution in [0.1, 0.15) is 20.3 Å². The first-order chi connectivity index (χ1) is 9.26. The van der Waals surface area contributed by atoms with Crippen LogP contribution in [-0.2, 0) is 10.0 Å². The molecule has 114 valence electrons. The van der Waals surface area contributed by atoms with Gasteiger partial charge in [-0.2, -0.15) is 0 Å². The topological polar surface area (TPSA) is 75.6 Å². The summed E-state index contributed by atoms with van der Waals surface area (Å²) in [5.74, 6) is 0.461. The maximum Gasteiger partial charge on any atom is 0.244 e. The SMILES string of the molecule is COc1cc(Cl)ccc1S(=O)(=O)NCC(O)CC(C)C. The lowest BCUT2D eigenvalue weighted by Crippen LogP contribution is -2.33. The number of ether oxygens (including phenoxy) is 1. The highest BCUT2D eigenvalue weighted by atomic mass is 35.5. The Balaban J connectivity index is 2.84. The van der Waals surface area contributed by atoms with Crippen molar-refractivity contribution in [3.63, 3.8) is 0 Å². The lowest BCUT2D eigenvalue weighted by atomic mass is 10.1. The first-order valence-corrected chi connectivity index (χ1v) is 8.13. The van der Waals surface area contributed by atoms with Gasteiger partial charge >= 0.3 is 0 Å². The van der Waals surface area contributed by atoms with Crippen molar-refractivity contribution in [1.29, 1.82) is 0 Å². The largest absolute Gasteiger partial charge is 0.495 e. The Kier molecular flexibility index (Phi) is 6.26. The Bertz CT molecular complexity index is 545. The number of aliphatic hydroxyl groups excluding tert-OH is 1. The Labute approximate surface area is 125 Å². The summed E-state index contributed by atoms with van der Waals surface area (Å²) in [4.78, 5) is 0.00106. The van der Waals surface area contributed by atoms with Gasteiger partial charge in [-0.3, -0.25) is 0 Å². The molecule has 0 fully saturated rings. The summed E-state index contributed by atoms with van der Waals surface area (Å²) < 4.78 is 31.7. The Morgan fingerprint density at radius 3 is 2.60 bits per heavy atom. The van der Waals surface area contributed by atoms with E-state index >= 15 is 0 Å². The molecule has 20 heavy (non-hydrogen) atoms. The number of hydrogen-bond acceptors (Lipinski definition) is 4. The van der Waals surface area contributed by atoms with Crippen LogP contribution in [0.3, 0.4) is 0 Å². The van der Waals surface area contributed by atoms with Crippen molar-refractivity contribution >= 4 is 21.6 Å². The number of hydrogen-bond donors (Lipinski definition) is 2. The van der Waals surface area contributed by atoms with E-state index in [4.69, 9.17) is 16.3 Å². The number of rotatable bonds is 7. The van der Waals surface area contributed by atoms with Crippen molar-refractivity contribution in [2.75, 3.05) is 13.7 Å². The van der Waals surface area contributed by atoms with Crippen LogP contribution in [0, 0.1) is 5.92 Å². The Hall–Kier alpha value is -0.820. The molecular weight excluding hydrogens is 302 g/mol. The third-order valence-electron chi connectivity index (χ3n) is 2.67. The highest BCUT2D eigenvalue weighted by Crippen LogP contribution is 2.26. The molecule has 1 rings (SSSR count). The zero-order valence-electron chi connectivity index (χ0n) is 11.8. The summed E-state index contributed by atoms with van der Waals surface area (Å²) in [6.07, 6.45) is -0.191. The van der Waals surface area contributed by atoms with Gasteiger partial charge in [-0.05, 0) is 24.5 Å². The van der Waals surface area contributed by atoms with Crippen molar-refractivity contribution < 1.29 is 18.3 Å². The molecule has 0 aliphatic carbocycles. The first-order valence-electron chi connectivity index (χ1n) is 6.27. The van der Waals surface area contributed by atoms with E-state index in [1.165, 1.54) is 25.3 Å². The van der Waals surface area contributed by atoms with Crippen LogP contribution in [0.15, 0.2) is 23.1 Å². The van der Waals surface area contributed by atoms with Crippen LogP contribution in [0.2, 0.25) is 5.02 Å². The molecule has 7 heteroatoms. The van der Waals surface area contributed by atoms with E-state index in [1.807, 2.05) is 13.8 Å². The minimum absolute atomic E-state index is 0.00106. The summed E-state index contributed by atoms with van der Waals surface area (Å²) in [6, 6.07) is 4.28. The third-order valence-corrected chi connectivity index (χ3v) is 4.37. The minimum Gasteiger partial charge on any atom is -0.495 e. The molecule has 1 aromatic carbocycles. The highest BCUT2D eigenvalue weighted by molar-refractivity contribution is 7.89. The van der Waals surface area contributed by atoms with Crippen molar-refractivity contribution in [2.24, 2.45) is 5.92 Å². The molecule has 2 N–H and O–H groups in total. The van der Waals surface area contributed by atoms with E-state index in [9.17, 15) is 13.5 Å². The molecule has 5 nitrogen and oxygen atoms in total. The maximum atomic E-state index is 12.2. The predicted molar refractivity (Wildman–Crippen MR) is 78.7 cm³/mol. The van der Waals surface area contributed by atoms with E-state index < -0.39 is 16.1 Å². The fourth-order valence-electron chi connectivity index (χ4n) is 1.77. The molecule has 1 aromatic rings. The van der Waals surface area contributed by atoms with Crippen molar-refractivity contribution in [3.8, 4) is 5.75 Å². The fraction of sp³-hybridized carbons (Fsp3) is 0.538. The van der Waals surface area contributed by atoms with Gasteiger partial charge in [0.2, 0.25) is 10.0 Å². The summed E-state index contributed by atoms with van der Waals surface area (Å²) in [7, 11) is -2.37. The molecule has 0 aromatic heterocycles. The summed E-state index contributed by atoms with van der Waals surface area (Å²) in [5, 5.41) is 10.1. The quantitative estimate of drug-likeness (QED) is 0.805. The fourth-order valence-corrected chi connectivity index (χ4v) is 3.16. The average Bonchev–Trinajstić information content (AvgIpc) is 2.35. The van der Waals surface area contributed by atoms with Crippen LogP contribution in [-0.4, -0.2) is 33.3 Å². The summed E-state index contributed by atoms with van der Waals surface area (Å²) >= 11 is 5.80. The van der Waals surface area contributed by atoms with Crippen molar-refractivity contribution in [3.05, 3.63) is 23.2 Å². The zero-order valence-corrected chi connectivity index (χ0v) is 13.3. The molecule has 0 saturated heterocycles. The Morgan fingerprint density at radius 1 is 1.40 bits per heavy atom. The Morgan fingerprint density at radius 2 is 2.05 bits per heavy atom. The summed E-state index contributed by atoms with van der Waals surface area (Å²) in [6.45, 7) is 3.88. The summed E-state index contributed by atoms with van der Waals surface area (Å²) in [5.41, 5.74) is 0. The molecular formula is C13H20ClNO4S. The standard InChI is InChI=1S/C13H20ClNO4S/c1-9(2)6-11(16)8-15-20(17,18)13-5-4-10(14)7-12(13)19-3/h4-5,7,9,11,15-16H,6,8H2,1-3H3. The molecule has 0 amide bonds. The number of halogens is 1. The first kappa shape index (κ1) is 17.2. The van der Waals surface area contributed by atoms with Gasteiger partial charge in [-0.1, -0.05) is 25.4 Å². The highest BCUT2D eigenvalue weighted by Gasteiger charge is 2.20. The van der Waals surface area contributed by atoms with Gasteiger partial charge in [0.15, 0.2) is 0 Å². The monoisotopic (exact) mass is 321 g/mol. The van der Waals surface area contributed by atoms with Gasteiger partial charge < -0.3 is 9.84 Å². The van der Waals surface area contributed by atoms with Gasteiger partial charge in [0.1, 0.15) is 10.6 Å². The van der Waals surface area contributed by atoms with Gasteiger partial charge in [0.05, 0.1) is 13.2 Å². The van der Waals surface area contributed by atoms with Crippen molar-refractivity contribution in [1.82, 2.24) is 4.72 Å².